The van der Waals surface area contributed by atoms with E-state index in [1.807, 2.05) is 0 Å². The third-order valence-corrected chi connectivity index (χ3v) is 8.37. The van der Waals surface area contributed by atoms with Crippen LogP contribution in [-0.2, 0) is 5.41 Å². The number of nitrogens with zero attached hydrogens (tertiary/aromatic N) is 1. The molecule has 2 aromatic rings. The van der Waals surface area contributed by atoms with E-state index in [0.717, 1.165) is 16.0 Å². The summed E-state index contributed by atoms with van der Waals surface area (Å²) in [6, 6.07) is 13.3. The fourth-order valence-corrected chi connectivity index (χ4v) is 7.22. The van der Waals surface area contributed by atoms with Crippen molar-refractivity contribution in [1.82, 2.24) is 4.90 Å². The summed E-state index contributed by atoms with van der Waals surface area (Å²) in [5, 5.41) is 1.76. The number of likely N-dealkylation sites (tertiary alicyclic amines) is 1. The van der Waals surface area contributed by atoms with Crippen molar-refractivity contribution in [2.45, 2.75) is 49.4 Å². The summed E-state index contributed by atoms with van der Waals surface area (Å²) < 4.78 is 0. The zero-order valence-electron chi connectivity index (χ0n) is 16.0. The first-order valence-corrected chi connectivity index (χ1v) is 11.2. The minimum Gasteiger partial charge on any atom is -0.302 e. The Morgan fingerprint density at radius 2 is 1.64 bits per heavy atom. The Kier molecular flexibility index (Phi) is 4.75. The normalized spacial score (nSPS) is 30.6. The fourth-order valence-electron chi connectivity index (χ4n) is 6.87. The third kappa shape index (κ3) is 2.70. The summed E-state index contributed by atoms with van der Waals surface area (Å²) in [4.78, 5) is 2.77. The van der Waals surface area contributed by atoms with Crippen molar-refractivity contribution in [1.29, 1.82) is 0 Å². The van der Waals surface area contributed by atoms with E-state index in [2.05, 4.69) is 41.3 Å². The monoisotopic (exact) mass is 433 g/mol. The van der Waals surface area contributed by atoms with Crippen LogP contribution in [0.2, 0.25) is 10.0 Å². The molecule has 2 fully saturated rings. The van der Waals surface area contributed by atoms with Crippen LogP contribution in [0.25, 0.3) is 0 Å². The molecule has 1 saturated carbocycles. The third-order valence-electron chi connectivity index (χ3n) is 7.90. The lowest BCUT2D eigenvalue weighted by atomic mass is 9.65. The smallest absolute Gasteiger partial charge is 0.0409 e. The van der Waals surface area contributed by atoms with Crippen LogP contribution in [0.4, 0.5) is 0 Å². The Morgan fingerprint density at radius 1 is 0.929 bits per heavy atom. The van der Waals surface area contributed by atoms with Gasteiger partial charge in [0.2, 0.25) is 0 Å². The van der Waals surface area contributed by atoms with Crippen LogP contribution < -0.4 is 0 Å². The molecule has 1 saturated heterocycles. The van der Waals surface area contributed by atoms with Crippen molar-refractivity contribution < 1.29 is 0 Å². The van der Waals surface area contributed by atoms with Gasteiger partial charge in [-0.1, -0.05) is 48.2 Å². The fraction of sp³-hybridized carbons (Fsp3) is 0.500. The van der Waals surface area contributed by atoms with Gasteiger partial charge in [0.25, 0.3) is 0 Å². The Morgan fingerprint density at radius 3 is 2.43 bits per heavy atom. The van der Waals surface area contributed by atoms with E-state index in [0.29, 0.717) is 11.8 Å². The molecule has 28 heavy (non-hydrogen) atoms. The van der Waals surface area contributed by atoms with Crippen molar-refractivity contribution in [2.24, 2.45) is 5.92 Å². The molecule has 0 aromatic heterocycles. The minimum atomic E-state index is 0. The number of hydrogen-bond acceptors (Lipinski definition) is 1. The van der Waals surface area contributed by atoms with Crippen molar-refractivity contribution in [3.8, 4) is 0 Å². The van der Waals surface area contributed by atoms with Crippen molar-refractivity contribution in [2.75, 3.05) is 19.6 Å². The number of benzene rings is 2. The molecular weight excluding hydrogens is 409 g/mol. The number of rotatable bonds is 2. The van der Waals surface area contributed by atoms with Crippen molar-refractivity contribution in [3.63, 3.8) is 0 Å². The van der Waals surface area contributed by atoms with E-state index in [1.165, 1.54) is 74.0 Å². The first-order valence-electron chi connectivity index (χ1n) is 10.5. The SMILES string of the molecule is Cl.Clc1ccc2c(c1)C1CN(CC3CCCC3)CC13CC2c1ccc(Cl)cc13. The average Bonchev–Trinajstić information content (AvgIpc) is 3.35. The molecule has 2 aromatic carbocycles. The molecule has 3 unspecified atom stereocenters. The minimum absolute atomic E-state index is 0. The second-order valence-corrected chi connectivity index (χ2v) is 10.2. The van der Waals surface area contributed by atoms with Gasteiger partial charge in [0, 0.05) is 46.9 Å². The van der Waals surface area contributed by atoms with E-state index in [1.54, 1.807) is 0 Å². The van der Waals surface area contributed by atoms with Gasteiger partial charge in [0.05, 0.1) is 0 Å². The zero-order chi connectivity index (χ0) is 18.2. The zero-order valence-corrected chi connectivity index (χ0v) is 18.3. The van der Waals surface area contributed by atoms with Gasteiger partial charge in [-0.3, -0.25) is 0 Å². The molecule has 0 radical (unpaired) electrons. The molecule has 4 heteroatoms. The lowest BCUT2D eigenvalue weighted by Crippen LogP contribution is -2.35. The Bertz CT molecular complexity index is 909. The van der Waals surface area contributed by atoms with Crippen LogP contribution in [0.1, 0.15) is 66.2 Å². The second kappa shape index (κ2) is 6.91. The topological polar surface area (TPSA) is 3.24 Å². The summed E-state index contributed by atoms with van der Waals surface area (Å²) in [6.07, 6.45) is 6.92. The summed E-state index contributed by atoms with van der Waals surface area (Å²) in [5.74, 6) is 1.95. The lowest BCUT2D eigenvalue weighted by molar-refractivity contribution is 0.260. The second-order valence-electron chi connectivity index (χ2n) is 9.31. The average molecular weight is 435 g/mol. The molecule has 0 amide bonds. The number of fused-ring (bicyclic) bond motifs is 3. The molecule has 1 heterocycles. The van der Waals surface area contributed by atoms with Gasteiger partial charge in [-0.2, -0.15) is 0 Å². The first-order chi connectivity index (χ1) is 13.1. The highest BCUT2D eigenvalue weighted by atomic mass is 35.5. The Labute approximate surface area is 183 Å². The molecule has 0 N–H and O–H groups in total. The van der Waals surface area contributed by atoms with Gasteiger partial charge < -0.3 is 4.90 Å². The van der Waals surface area contributed by atoms with Gasteiger partial charge in [-0.25, -0.2) is 0 Å². The highest BCUT2D eigenvalue weighted by Crippen LogP contribution is 2.63. The van der Waals surface area contributed by atoms with Gasteiger partial charge in [-0.05, 0) is 71.7 Å². The summed E-state index contributed by atoms with van der Waals surface area (Å²) in [6.45, 7) is 3.63. The maximum Gasteiger partial charge on any atom is 0.0409 e. The first kappa shape index (κ1) is 19.2. The predicted octanol–water partition coefficient (Wildman–Crippen LogP) is 6.79. The Hall–Kier alpha value is -0.730. The quantitative estimate of drug-likeness (QED) is 0.503. The van der Waals surface area contributed by atoms with Crippen LogP contribution in [0, 0.1) is 5.92 Å². The van der Waals surface area contributed by atoms with Crippen LogP contribution >= 0.6 is 35.6 Å². The van der Waals surface area contributed by atoms with E-state index in [4.69, 9.17) is 23.2 Å². The molecule has 3 aliphatic carbocycles. The highest BCUT2D eigenvalue weighted by Gasteiger charge is 2.58. The van der Waals surface area contributed by atoms with E-state index in [-0.39, 0.29) is 17.8 Å². The molecule has 6 rings (SSSR count). The predicted molar refractivity (Wildman–Crippen MR) is 119 cm³/mol. The molecule has 1 spiro atoms. The van der Waals surface area contributed by atoms with Crippen molar-refractivity contribution >= 4 is 35.6 Å². The van der Waals surface area contributed by atoms with Crippen LogP contribution in [0.3, 0.4) is 0 Å². The molecular formula is C24H26Cl3N. The number of halogens is 3. The lowest BCUT2D eigenvalue weighted by Gasteiger charge is -2.37. The van der Waals surface area contributed by atoms with E-state index in [9.17, 15) is 0 Å². The highest BCUT2D eigenvalue weighted by molar-refractivity contribution is 6.31. The van der Waals surface area contributed by atoms with Gasteiger partial charge in [-0.15, -0.1) is 12.4 Å². The maximum absolute atomic E-state index is 6.48. The summed E-state index contributed by atoms with van der Waals surface area (Å²) in [5.41, 5.74) is 6.25. The van der Waals surface area contributed by atoms with Gasteiger partial charge >= 0.3 is 0 Å². The molecule has 4 aliphatic rings. The standard InChI is InChI=1S/C24H25Cl2N.ClH/c25-16-5-7-18-20(9-16)23-13-27(12-15-3-1-2-4-15)14-24(23)11-21(18)19-8-6-17(26)10-22(19)24;/h5-10,15,21,23H,1-4,11-14H2;1H. The molecule has 2 bridgehead atoms. The largest absolute Gasteiger partial charge is 0.302 e. The summed E-state index contributed by atoms with van der Waals surface area (Å²) >= 11 is 12.9. The molecule has 1 aliphatic heterocycles. The molecule has 1 nitrogen and oxygen atoms in total. The van der Waals surface area contributed by atoms with Gasteiger partial charge in [0.1, 0.15) is 0 Å². The summed E-state index contributed by atoms with van der Waals surface area (Å²) in [7, 11) is 0. The maximum atomic E-state index is 6.48. The van der Waals surface area contributed by atoms with Crippen LogP contribution in [0.5, 0.6) is 0 Å². The molecule has 148 valence electrons. The van der Waals surface area contributed by atoms with Crippen molar-refractivity contribution in [3.05, 3.63) is 68.7 Å². The van der Waals surface area contributed by atoms with Crippen LogP contribution in [0.15, 0.2) is 36.4 Å². The van der Waals surface area contributed by atoms with Crippen LogP contribution in [-0.4, -0.2) is 24.5 Å². The Balaban J connectivity index is 0.00000171. The number of hydrogen-bond donors (Lipinski definition) is 0. The molecule has 3 atom stereocenters. The van der Waals surface area contributed by atoms with Gasteiger partial charge in [0.15, 0.2) is 0 Å². The van der Waals surface area contributed by atoms with E-state index < -0.39 is 0 Å². The van der Waals surface area contributed by atoms with E-state index >= 15 is 0 Å².